The van der Waals surface area contributed by atoms with E-state index in [9.17, 15) is 0 Å². The molecule has 1 saturated carbocycles. The average molecular weight is 355 g/mol. The van der Waals surface area contributed by atoms with Crippen LogP contribution < -0.4 is 5.32 Å². The molecule has 1 heterocycles. The van der Waals surface area contributed by atoms with Gasteiger partial charge in [-0.2, -0.15) is 5.10 Å². The molecule has 140 valence electrons. The molecule has 2 rings (SSSR count). The van der Waals surface area contributed by atoms with Crippen molar-refractivity contribution in [2.24, 2.45) is 9.98 Å². The van der Waals surface area contributed by atoms with Gasteiger partial charge in [0.15, 0.2) is 0 Å². The first kappa shape index (κ1) is 19.8. The largest absolute Gasteiger partial charge is 0.376 e. The number of anilines is 1. The molecule has 0 saturated heterocycles. The van der Waals surface area contributed by atoms with Gasteiger partial charge in [-0.05, 0) is 38.6 Å². The maximum atomic E-state index is 5.82. The molecule has 0 unspecified atom stereocenters. The molecule has 0 bridgehead atoms. The van der Waals surface area contributed by atoms with Crippen molar-refractivity contribution < 1.29 is 4.74 Å². The van der Waals surface area contributed by atoms with Crippen molar-refractivity contribution in [1.29, 1.82) is 0 Å². The fraction of sp³-hybridized carbons (Fsp3) is 0.450. The molecule has 0 atom stereocenters. The number of rotatable bonds is 10. The lowest BCUT2D eigenvalue weighted by Crippen LogP contribution is -2.10. The van der Waals surface area contributed by atoms with Crippen molar-refractivity contribution in [3.05, 3.63) is 35.7 Å². The van der Waals surface area contributed by atoms with Gasteiger partial charge >= 0.3 is 0 Å². The van der Waals surface area contributed by atoms with Crippen LogP contribution in [0.1, 0.15) is 38.3 Å². The van der Waals surface area contributed by atoms with E-state index in [-0.39, 0.29) is 0 Å². The summed E-state index contributed by atoms with van der Waals surface area (Å²) in [5, 5.41) is 7.48. The quantitative estimate of drug-likeness (QED) is 0.391. The first-order chi connectivity index (χ1) is 12.8. The lowest BCUT2D eigenvalue weighted by Gasteiger charge is -2.08. The van der Waals surface area contributed by atoms with E-state index in [0.717, 1.165) is 17.1 Å². The second-order valence-electron chi connectivity index (χ2n) is 6.09. The third kappa shape index (κ3) is 6.44. The van der Waals surface area contributed by atoms with Gasteiger partial charge in [0.2, 0.25) is 0 Å². The normalized spacial score (nSPS) is 16.5. The zero-order chi connectivity index (χ0) is 18.6. The van der Waals surface area contributed by atoms with Crippen LogP contribution >= 0.6 is 0 Å². The Morgan fingerprint density at radius 1 is 1.46 bits per heavy atom. The minimum Gasteiger partial charge on any atom is -0.376 e. The predicted molar refractivity (Wildman–Crippen MR) is 111 cm³/mol. The van der Waals surface area contributed by atoms with Crippen molar-refractivity contribution in [3.63, 3.8) is 0 Å². The minimum absolute atomic E-state index is 0.434. The molecule has 6 heteroatoms. The van der Waals surface area contributed by atoms with Crippen LogP contribution in [-0.4, -0.2) is 49.0 Å². The molecule has 1 aromatic rings. The molecular weight excluding hydrogens is 326 g/mol. The number of hydrogen-bond acceptors (Lipinski definition) is 5. The Morgan fingerprint density at radius 3 is 2.96 bits per heavy atom. The molecule has 0 radical (unpaired) electrons. The van der Waals surface area contributed by atoms with Gasteiger partial charge in [0.25, 0.3) is 0 Å². The number of allylic oxidation sites excluding steroid dienone is 3. The Labute approximate surface area is 156 Å². The molecule has 1 fully saturated rings. The highest BCUT2D eigenvalue weighted by atomic mass is 16.5. The van der Waals surface area contributed by atoms with Gasteiger partial charge in [-0.1, -0.05) is 18.9 Å². The summed E-state index contributed by atoms with van der Waals surface area (Å²) in [7, 11) is 1.85. The van der Waals surface area contributed by atoms with Gasteiger partial charge in [-0.25, -0.2) is 4.68 Å². The van der Waals surface area contributed by atoms with E-state index in [1.165, 1.54) is 25.7 Å². The number of aromatic nitrogens is 2. The Kier molecular flexibility index (Phi) is 8.55. The van der Waals surface area contributed by atoms with Crippen molar-refractivity contribution in [3.8, 4) is 0 Å². The van der Waals surface area contributed by atoms with E-state index >= 15 is 0 Å². The summed E-state index contributed by atoms with van der Waals surface area (Å²) in [6.45, 7) is 6.81. The van der Waals surface area contributed by atoms with Crippen molar-refractivity contribution >= 4 is 31.0 Å². The molecule has 26 heavy (non-hydrogen) atoms. The fourth-order valence-corrected chi connectivity index (χ4v) is 2.82. The number of aliphatic imine (C=N–C) groups is 2. The van der Waals surface area contributed by atoms with E-state index in [4.69, 9.17) is 4.74 Å². The molecule has 6 nitrogen and oxygen atoms in total. The zero-order valence-corrected chi connectivity index (χ0v) is 15.8. The van der Waals surface area contributed by atoms with Crippen LogP contribution in [-0.2, 0) is 4.74 Å². The Hall–Kier alpha value is -2.47. The predicted octanol–water partition coefficient (Wildman–Crippen LogP) is 4.04. The van der Waals surface area contributed by atoms with Crippen LogP contribution in [0.4, 0.5) is 5.82 Å². The first-order valence-electron chi connectivity index (χ1n) is 9.12. The Bertz CT molecular complexity index is 678. The fourth-order valence-electron chi connectivity index (χ4n) is 2.82. The summed E-state index contributed by atoms with van der Waals surface area (Å²) in [5.41, 5.74) is 1.83. The smallest absolute Gasteiger partial charge is 0.148 e. The van der Waals surface area contributed by atoms with Crippen molar-refractivity contribution in [2.75, 3.05) is 25.5 Å². The third-order valence-corrected chi connectivity index (χ3v) is 4.11. The van der Waals surface area contributed by atoms with Gasteiger partial charge in [-0.15, -0.1) is 0 Å². The number of nitrogens with one attached hydrogen (secondary N) is 1. The molecule has 0 amide bonds. The summed E-state index contributed by atoms with van der Waals surface area (Å²) in [4.78, 5) is 8.29. The van der Waals surface area contributed by atoms with Crippen LogP contribution in [0, 0.1) is 0 Å². The van der Waals surface area contributed by atoms with E-state index in [1.807, 2.05) is 49.1 Å². The molecule has 0 aromatic carbocycles. The maximum absolute atomic E-state index is 5.82. The molecule has 1 aromatic heterocycles. The van der Waals surface area contributed by atoms with Crippen LogP contribution in [0.5, 0.6) is 0 Å². The van der Waals surface area contributed by atoms with Gasteiger partial charge in [0, 0.05) is 37.3 Å². The van der Waals surface area contributed by atoms with Crippen LogP contribution in [0.15, 0.2) is 40.0 Å². The second-order valence-corrected chi connectivity index (χ2v) is 6.09. The highest BCUT2D eigenvalue weighted by Gasteiger charge is 2.14. The molecular formula is C20H29N5O. The third-order valence-electron chi connectivity index (χ3n) is 4.11. The lowest BCUT2D eigenvalue weighted by molar-refractivity contribution is 0.0644. The summed E-state index contributed by atoms with van der Waals surface area (Å²) >= 11 is 0. The van der Waals surface area contributed by atoms with E-state index in [2.05, 4.69) is 27.1 Å². The van der Waals surface area contributed by atoms with Crippen LogP contribution in [0.25, 0.3) is 12.3 Å². The van der Waals surface area contributed by atoms with Crippen molar-refractivity contribution in [1.82, 2.24) is 9.78 Å². The monoisotopic (exact) mass is 355 g/mol. The summed E-state index contributed by atoms with van der Waals surface area (Å²) in [6.07, 6.45) is 16.7. The topological polar surface area (TPSA) is 63.8 Å². The highest BCUT2D eigenvalue weighted by molar-refractivity contribution is 5.84. The van der Waals surface area contributed by atoms with Gasteiger partial charge in [-0.3, -0.25) is 9.98 Å². The van der Waals surface area contributed by atoms with E-state index < -0.39 is 0 Å². The summed E-state index contributed by atoms with van der Waals surface area (Å²) in [6, 6.07) is 1.97. The zero-order valence-electron chi connectivity index (χ0n) is 15.8. The summed E-state index contributed by atoms with van der Waals surface area (Å²) in [5.74, 6) is 0.813. The van der Waals surface area contributed by atoms with Crippen LogP contribution in [0.2, 0.25) is 0 Å². The molecule has 0 spiro atoms. The van der Waals surface area contributed by atoms with Crippen LogP contribution in [0.3, 0.4) is 0 Å². The SMILES string of the molecule is C=N/C=C(C=NCCOC1CCCC1)/C=C/c1cc(NC)nn1/C=C\C. The lowest BCUT2D eigenvalue weighted by atomic mass is 10.2. The van der Waals surface area contributed by atoms with Crippen molar-refractivity contribution in [2.45, 2.75) is 38.7 Å². The molecule has 1 N–H and O–H groups in total. The molecule has 0 aliphatic heterocycles. The van der Waals surface area contributed by atoms with Gasteiger partial charge in [0.05, 0.1) is 24.9 Å². The number of ether oxygens (including phenoxy) is 1. The van der Waals surface area contributed by atoms with E-state index in [0.29, 0.717) is 19.3 Å². The molecule has 1 aliphatic rings. The second kappa shape index (κ2) is 11.2. The molecule has 1 aliphatic carbocycles. The number of nitrogens with zero attached hydrogens (tertiary/aromatic N) is 4. The highest BCUT2D eigenvalue weighted by Crippen LogP contribution is 2.20. The standard InChI is InChI=1S/C20H29N5O/c1-4-12-25-18(14-20(22-3)24-25)10-9-17(15-21-2)16-23-11-13-26-19-7-5-6-8-19/h4,9-10,12,14-16,19H,2,5-8,11,13H2,1,3H3,(H,22,24)/b10-9+,12-4-,17-15-,23-16?. The van der Waals surface area contributed by atoms with Gasteiger partial charge in [0.1, 0.15) is 5.82 Å². The maximum Gasteiger partial charge on any atom is 0.148 e. The number of hydrogen-bond donors (Lipinski definition) is 1. The minimum atomic E-state index is 0.434. The van der Waals surface area contributed by atoms with E-state index in [1.54, 1.807) is 12.4 Å². The first-order valence-corrected chi connectivity index (χ1v) is 9.12. The Morgan fingerprint density at radius 2 is 2.27 bits per heavy atom. The Balaban J connectivity index is 1.93. The summed E-state index contributed by atoms with van der Waals surface area (Å²) < 4.78 is 7.63. The van der Waals surface area contributed by atoms with Gasteiger partial charge < -0.3 is 10.1 Å². The average Bonchev–Trinajstić information content (AvgIpc) is 3.29.